The van der Waals surface area contributed by atoms with Crippen LogP contribution >= 0.6 is 0 Å². The highest BCUT2D eigenvalue weighted by atomic mass is 16.5. The Bertz CT molecular complexity index is 1190. The molecule has 4 rings (SSSR count). The van der Waals surface area contributed by atoms with Gasteiger partial charge < -0.3 is 4.74 Å². The Morgan fingerprint density at radius 1 is 0.968 bits per heavy atom. The Hall–Kier alpha value is -3.92. The van der Waals surface area contributed by atoms with E-state index in [0.29, 0.717) is 12.1 Å². The van der Waals surface area contributed by atoms with E-state index in [9.17, 15) is 4.79 Å². The smallest absolute Gasteiger partial charge is 0.185 e. The molecule has 1 heterocycles. The van der Waals surface area contributed by atoms with Crippen molar-refractivity contribution < 1.29 is 9.53 Å². The highest BCUT2D eigenvalue weighted by molar-refractivity contribution is 6.07. The number of aromatic nitrogens is 2. The van der Waals surface area contributed by atoms with Gasteiger partial charge in [0.1, 0.15) is 5.75 Å². The molecule has 0 amide bonds. The SMILES string of the molecule is COc1ccc(C(=O)C=Cc2cn(Cc3ccccc3)nc2-c2ccc(C)cc2)cc1. The number of allylic oxidation sites excluding steroid dienone is 1. The monoisotopic (exact) mass is 408 g/mol. The molecule has 1 aromatic heterocycles. The molecule has 0 saturated carbocycles. The summed E-state index contributed by atoms with van der Waals surface area (Å²) < 4.78 is 7.08. The van der Waals surface area contributed by atoms with Crippen molar-refractivity contribution in [2.75, 3.05) is 7.11 Å². The van der Waals surface area contributed by atoms with Crippen molar-refractivity contribution in [2.45, 2.75) is 13.5 Å². The number of ketones is 1. The van der Waals surface area contributed by atoms with E-state index >= 15 is 0 Å². The lowest BCUT2D eigenvalue weighted by Gasteiger charge is -2.02. The predicted octanol–water partition coefficient (Wildman–Crippen LogP) is 5.81. The second-order valence-corrected chi connectivity index (χ2v) is 7.41. The molecule has 31 heavy (non-hydrogen) atoms. The summed E-state index contributed by atoms with van der Waals surface area (Å²) in [6.07, 6.45) is 5.43. The number of carbonyl (C=O) groups excluding carboxylic acids is 1. The summed E-state index contributed by atoms with van der Waals surface area (Å²) in [6, 6.07) is 25.6. The standard InChI is InChI=1S/C27H24N2O2/c1-20-8-10-23(11-9-20)27-24(19-29(28-27)18-21-6-4-3-5-7-21)14-17-26(30)22-12-15-25(31-2)16-13-22/h3-17,19H,18H2,1-2H3. The van der Waals surface area contributed by atoms with Gasteiger partial charge in [0.15, 0.2) is 5.78 Å². The maximum absolute atomic E-state index is 12.7. The van der Waals surface area contributed by atoms with Crippen molar-refractivity contribution in [1.82, 2.24) is 9.78 Å². The molecule has 0 aliphatic heterocycles. The Morgan fingerprint density at radius 3 is 2.35 bits per heavy atom. The molecular weight excluding hydrogens is 384 g/mol. The molecule has 0 fully saturated rings. The zero-order chi connectivity index (χ0) is 21.6. The molecule has 0 N–H and O–H groups in total. The van der Waals surface area contributed by atoms with Gasteiger partial charge in [0, 0.05) is 22.9 Å². The van der Waals surface area contributed by atoms with E-state index in [4.69, 9.17) is 9.84 Å². The first-order chi connectivity index (χ1) is 15.1. The molecule has 154 valence electrons. The third-order valence-electron chi connectivity index (χ3n) is 5.09. The lowest BCUT2D eigenvalue weighted by Crippen LogP contribution is -1.99. The number of ether oxygens (including phenoxy) is 1. The van der Waals surface area contributed by atoms with Crippen molar-refractivity contribution in [3.8, 4) is 17.0 Å². The molecule has 4 heteroatoms. The number of rotatable bonds is 7. The van der Waals surface area contributed by atoms with Crippen LogP contribution in [-0.2, 0) is 6.54 Å². The fourth-order valence-electron chi connectivity index (χ4n) is 3.36. The summed E-state index contributed by atoms with van der Waals surface area (Å²) in [6.45, 7) is 2.73. The van der Waals surface area contributed by atoms with Gasteiger partial charge in [-0.15, -0.1) is 0 Å². The van der Waals surface area contributed by atoms with Crippen molar-refractivity contribution in [1.29, 1.82) is 0 Å². The van der Waals surface area contributed by atoms with Crippen molar-refractivity contribution in [3.63, 3.8) is 0 Å². The lowest BCUT2D eigenvalue weighted by molar-refractivity contribution is 0.104. The molecule has 4 aromatic rings. The van der Waals surface area contributed by atoms with E-state index < -0.39 is 0 Å². The highest BCUT2D eigenvalue weighted by Crippen LogP contribution is 2.24. The van der Waals surface area contributed by atoms with Crippen LogP contribution in [0.1, 0.15) is 27.0 Å². The molecule has 0 atom stereocenters. The fraction of sp³-hybridized carbons (Fsp3) is 0.111. The predicted molar refractivity (Wildman–Crippen MR) is 124 cm³/mol. The molecule has 0 spiro atoms. The van der Waals surface area contributed by atoms with Gasteiger partial charge in [-0.05, 0) is 48.9 Å². The molecular formula is C27H24N2O2. The summed E-state index contributed by atoms with van der Waals surface area (Å²) in [5.74, 6) is 0.665. The van der Waals surface area contributed by atoms with Gasteiger partial charge in [0.25, 0.3) is 0 Å². The first kappa shape index (κ1) is 20.4. The number of benzene rings is 3. The molecule has 0 unspecified atom stereocenters. The fourth-order valence-corrected chi connectivity index (χ4v) is 3.36. The Morgan fingerprint density at radius 2 is 1.68 bits per heavy atom. The van der Waals surface area contributed by atoms with Crippen LogP contribution in [-0.4, -0.2) is 22.7 Å². The molecule has 0 radical (unpaired) electrons. The topological polar surface area (TPSA) is 44.1 Å². The average Bonchev–Trinajstić information content (AvgIpc) is 3.21. The number of hydrogen-bond acceptors (Lipinski definition) is 3. The van der Waals surface area contributed by atoms with Crippen molar-refractivity contribution >= 4 is 11.9 Å². The minimum Gasteiger partial charge on any atom is -0.497 e. The van der Waals surface area contributed by atoms with Crippen LogP contribution in [0.4, 0.5) is 0 Å². The van der Waals surface area contributed by atoms with E-state index in [2.05, 4.69) is 43.3 Å². The minimum atomic E-state index is -0.0617. The van der Waals surface area contributed by atoms with E-state index in [1.807, 2.05) is 35.2 Å². The van der Waals surface area contributed by atoms with Gasteiger partial charge in [-0.1, -0.05) is 60.2 Å². The second kappa shape index (κ2) is 9.26. The molecule has 0 aliphatic rings. The van der Waals surface area contributed by atoms with E-state index in [1.165, 1.54) is 11.1 Å². The highest BCUT2D eigenvalue weighted by Gasteiger charge is 2.11. The average molecular weight is 409 g/mol. The number of carbonyl (C=O) groups is 1. The van der Waals surface area contributed by atoms with E-state index in [1.54, 1.807) is 37.5 Å². The van der Waals surface area contributed by atoms with Crippen molar-refractivity contribution in [2.24, 2.45) is 0 Å². The zero-order valence-electron chi connectivity index (χ0n) is 17.7. The Labute approximate surface area is 182 Å². The quantitative estimate of drug-likeness (QED) is 0.286. The van der Waals surface area contributed by atoms with Crippen LogP contribution in [0.3, 0.4) is 0 Å². The summed E-state index contributed by atoms with van der Waals surface area (Å²) >= 11 is 0. The lowest BCUT2D eigenvalue weighted by atomic mass is 10.0. The third kappa shape index (κ3) is 4.98. The largest absolute Gasteiger partial charge is 0.497 e. The maximum Gasteiger partial charge on any atom is 0.185 e. The normalized spacial score (nSPS) is 11.0. The molecule has 3 aromatic carbocycles. The number of nitrogens with zero attached hydrogens (tertiary/aromatic N) is 2. The molecule has 0 saturated heterocycles. The maximum atomic E-state index is 12.7. The summed E-state index contributed by atoms with van der Waals surface area (Å²) in [7, 11) is 1.61. The Balaban J connectivity index is 1.64. The van der Waals surface area contributed by atoms with Crippen LogP contribution in [0.15, 0.2) is 91.1 Å². The number of methoxy groups -OCH3 is 1. The summed E-state index contributed by atoms with van der Waals surface area (Å²) in [5, 5.41) is 4.82. The first-order valence-electron chi connectivity index (χ1n) is 10.2. The zero-order valence-corrected chi connectivity index (χ0v) is 17.7. The van der Waals surface area contributed by atoms with E-state index in [0.717, 1.165) is 22.6 Å². The van der Waals surface area contributed by atoms with Gasteiger partial charge in [-0.2, -0.15) is 5.10 Å². The third-order valence-corrected chi connectivity index (χ3v) is 5.09. The van der Waals surface area contributed by atoms with Gasteiger partial charge >= 0.3 is 0 Å². The van der Waals surface area contributed by atoms with Crippen LogP contribution in [0.2, 0.25) is 0 Å². The van der Waals surface area contributed by atoms with E-state index in [-0.39, 0.29) is 5.78 Å². The number of aryl methyl sites for hydroxylation is 1. The Kier molecular flexibility index (Phi) is 6.08. The van der Waals surface area contributed by atoms with Gasteiger partial charge in [-0.25, -0.2) is 0 Å². The van der Waals surface area contributed by atoms with Crippen molar-refractivity contribution in [3.05, 3.63) is 113 Å². The van der Waals surface area contributed by atoms with Crippen LogP contribution < -0.4 is 4.74 Å². The molecule has 0 aliphatic carbocycles. The van der Waals surface area contributed by atoms with Gasteiger partial charge in [0.05, 0.1) is 19.3 Å². The summed E-state index contributed by atoms with van der Waals surface area (Å²) in [4.78, 5) is 12.7. The van der Waals surface area contributed by atoms with Crippen LogP contribution in [0, 0.1) is 6.92 Å². The molecule has 0 bridgehead atoms. The minimum absolute atomic E-state index is 0.0617. The first-order valence-corrected chi connectivity index (χ1v) is 10.2. The van der Waals surface area contributed by atoms with Crippen LogP contribution in [0.25, 0.3) is 17.3 Å². The number of hydrogen-bond donors (Lipinski definition) is 0. The second-order valence-electron chi connectivity index (χ2n) is 7.41. The van der Waals surface area contributed by atoms with Crippen LogP contribution in [0.5, 0.6) is 5.75 Å². The van der Waals surface area contributed by atoms with Gasteiger partial charge in [-0.3, -0.25) is 9.48 Å². The molecule has 4 nitrogen and oxygen atoms in total. The van der Waals surface area contributed by atoms with Gasteiger partial charge in [0.2, 0.25) is 0 Å². The summed E-state index contributed by atoms with van der Waals surface area (Å²) in [5.41, 5.74) is 5.76.